The summed E-state index contributed by atoms with van der Waals surface area (Å²) in [5.74, 6) is -1.44. The van der Waals surface area contributed by atoms with Crippen LogP contribution in [0.25, 0.3) is 0 Å². The van der Waals surface area contributed by atoms with Gasteiger partial charge in [-0.15, -0.1) is 0 Å². The fourth-order valence-electron chi connectivity index (χ4n) is 1.81. The van der Waals surface area contributed by atoms with Crippen LogP contribution < -0.4 is 10.0 Å². The van der Waals surface area contributed by atoms with E-state index in [9.17, 15) is 17.6 Å². The van der Waals surface area contributed by atoms with Crippen LogP contribution in [0.3, 0.4) is 0 Å². The predicted octanol–water partition coefficient (Wildman–Crippen LogP) is 1.51. The molecule has 0 atom stereocenters. The van der Waals surface area contributed by atoms with Crippen LogP contribution >= 0.6 is 0 Å². The summed E-state index contributed by atoms with van der Waals surface area (Å²) in [7, 11) is -4.00. The number of halogens is 1. The summed E-state index contributed by atoms with van der Waals surface area (Å²) < 4.78 is 39.3. The van der Waals surface area contributed by atoms with Gasteiger partial charge < -0.3 is 5.73 Å². The van der Waals surface area contributed by atoms with Gasteiger partial charge in [-0.3, -0.25) is 9.10 Å². The molecule has 0 spiro atoms. The lowest BCUT2D eigenvalue weighted by Crippen LogP contribution is -2.38. The highest BCUT2D eigenvalue weighted by Gasteiger charge is 2.26. The van der Waals surface area contributed by atoms with Gasteiger partial charge in [0.2, 0.25) is 5.91 Å². The molecule has 0 heterocycles. The fourth-order valence-corrected chi connectivity index (χ4v) is 3.25. The maximum Gasteiger partial charge on any atom is 0.264 e. The standard InChI is InChI=1S/C14H13FN2O3S/c15-11-5-4-6-12(9-11)17(10-14(16)18)21(19,20)13-7-2-1-3-8-13/h1-9H,10H2,(H2,16,18). The fraction of sp³-hybridized carbons (Fsp3) is 0.0714. The van der Waals surface area contributed by atoms with Crippen LogP contribution in [0, 0.1) is 5.82 Å². The van der Waals surface area contributed by atoms with Crippen molar-refractivity contribution in [1.29, 1.82) is 0 Å². The summed E-state index contributed by atoms with van der Waals surface area (Å²) >= 11 is 0. The second-order valence-electron chi connectivity index (χ2n) is 4.27. The zero-order chi connectivity index (χ0) is 15.5. The second kappa shape index (κ2) is 5.92. The molecule has 0 saturated carbocycles. The lowest BCUT2D eigenvalue weighted by molar-refractivity contribution is -0.116. The van der Waals surface area contributed by atoms with E-state index in [-0.39, 0.29) is 10.6 Å². The van der Waals surface area contributed by atoms with E-state index in [1.54, 1.807) is 18.2 Å². The Bertz CT molecular complexity index is 748. The summed E-state index contributed by atoms with van der Waals surface area (Å²) in [6.07, 6.45) is 0. The van der Waals surface area contributed by atoms with Crippen molar-refractivity contribution in [3.8, 4) is 0 Å². The van der Waals surface area contributed by atoms with E-state index in [1.165, 1.54) is 30.3 Å². The van der Waals surface area contributed by atoms with Gasteiger partial charge in [0.05, 0.1) is 10.6 Å². The normalized spacial score (nSPS) is 11.1. The molecule has 2 aromatic carbocycles. The quantitative estimate of drug-likeness (QED) is 0.909. The van der Waals surface area contributed by atoms with Gasteiger partial charge in [0.15, 0.2) is 0 Å². The first kappa shape index (κ1) is 15.0. The van der Waals surface area contributed by atoms with Crippen LogP contribution in [-0.2, 0) is 14.8 Å². The maximum atomic E-state index is 13.3. The minimum Gasteiger partial charge on any atom is -0.368 e. The van der Waals surface area contributed by atoms with Gasteiger partial charge >= 0.3 is 0 Å². The van der Waals surface area contributed by atoms with Gasteiger partial charge in [-0.25, -0.2) is 12.8 Å². The average Bonchev–Trinajstić information content (AvgIpc) is 2.45. The summed E-state index contributed by atoms with van der Waals surface area (Å²) in [5.41, 5.74) is 5.14. The Morgan fingerprint density at radius 3 is 2.33 bits per heavy atom. The molecule has 7 heteroatoms. The number of carbonyl (C=O) groups is 1. The van der Waals surface area contributed by atoms with E-state index in [0.29, 0.717) is 0 Å². The third kappa shape index (κ3) is 3.38. The molecule has 2 aromatic rings. The lowest BCUT2D eigenvalue weighted by atomic mass is 10.3. The van der Waals surface area contributed by atoms with E-state index in [1.807, 2.05) is 0 Å². The van der Waals surface area contributed by atoms with Gasteiger partial charge in [-0.1, -0.05) is 24.3 Å². The zero-order valence-corrected chi connectivity index (χ0v) is 11.8. The molecule has 0 saturated heterocycles. The number of nitrogens with two attached hydrogens (primary N) is 1. The Hall–Kier alpha value is -2.41. The van der Waals surface area contributed by atoms with Gasteiger partial charge in [0, 0.05) is 0 Å². The van der Waals surface area contributed by atoms with Crippen molar-refractivity contribution in [2.24, 2.45) is 5.73 Å². The first-order chi connectivity index (χ1) is 9.91. The van der Waals surface area contributed by atoms with Gasteiger partial charge in [0.25, 0.3) is 10.0 Å². The Morgan fingerprint density at radius 1 is 1.10 bits per heavy atom. The first-order valence-electron chi connectivity index (χ1n) is 6.03. The summed E-state index contributed by atoms with van der Waals surface area (Å²) in [5, 5.41) is 0. The van der Waals surface area contributed by atoms with E-state index in [4.69, 9.17) is 5.73 Å². The minimum absolute atomic E-state index is 0.00416. The number of hydrogen-bond acceptors (Lipinski definition) is 3. The van der Waals surface area contributed by atoms with Crippen molar-refractivity contribution in [3.05, 3.63) is 60.4 Å². The number of hydrogen-bond donors (Lipinski definition) is 1. The highest BCUT2D eigenvalue weighted by molar-refractivity contribution is 7.92. The van der Waals surface area contributed by atoms with Crippen LogP contribution in [0.4, 0.5) is 10.1 Å². The second-order valence-corrected chi connectivity index (χ2v) is 6.13. The Kier molecular flexibility index (Phi) is 4.23. The summed E-state index contributed by atoms with van der Waals surface area (Å²) in [6, 6.07) is 12.5. The number of nitrogens with zero attached hydrogens (tertiary/aromatic N) is 1. The highest BCUT2D eigenvalue weighted by Crippen LogP contribution is 2.23. The molecule has 5 nitrogen and oxygen atoms in total. The van der Waals surface area contributed by atoms with Gasteiger partial charge in [0.1, 0.15) is 12.4 Å². The van der Waals surface area contributed by atoms with E-state index in [0.717, 1.165) is 10.4 Å². The van der Waals surface area contributed by atoms with E-state index in [2.05, 4.69) is 0 Å². The molecule has 110 valence electrons. The molecular weight excluding hydrogens is 295 g/mol. The van der Waals surface area contributed by atoms with Crippen LogP contribution in [0.2, 0.25) is 0 Å². The molecule has 0 aliphatic carbocycles. The van der Waals surface area contributed by atoms with Crippen molar-refractivity contribution in [2.45, 2.75) is 4.90 Å². The molecule has 2 N–H and O–H groups in total. The van der Waals surface area contributed by atoms with E-state index < -0.39 is 28.3 Å². The summed E-state index contributed by atoms with van der Waals surface area (Å²) in [4.78, 5) is 11.2. The molecule has 0 unspecified atom stereocenters. The molecule has 0 aliphatic heterocycles. The van der Waals surface area contributed by atoms with Gasteiger partial charge in [-0.05, 0) is 30.3 Å². The number of anilines is 1. The van der Waals surface area contributed by atoms with Crippen LogP contribution in [-0.4, -0.2) is 20.9 Å². The van der Waals surface area contributed by atoms with Crippen molar-refractivity contribution in [2.75, 3.05) is 10.8 Å². The Labute approximate surface area is 121 Å². The molecule has 0 radical (unpaired) electrons. The van der Waals surface area contributed by atoms with Crippen LogP contribution in [0.1, 0.15) is 0 Å². The number of primary amides is 1. The topological polar surface area (TPSA) is 80.5 Å². The van der Waals surface area contributed by atoms with Crippen LogP contribution in [0.5, 0.6) is 0 Å². The molecule has 0 aromatic heterocycles. The molecule has 0 aliphatic rings. The molecule has 2 rings (SSSR count). The van der Waals surface area contributed by atoms with Crippen LogP contribution in [0.15, 0.2) is 59.5 Å². The summed E-state index contributed by atoms with van der Waals surface area (Å²) in [6.45, 7) is -0.569. The predicted molar refractivity (Wildman–Crippen MR) is 76.6 cm³/mol. The molecule has 0 fully saturated rings. The number of rotatable bonds is 5. The van der Waals surface area contributed by atoms with E-state index >= 15 is 0 Å². The largest absolute Gasteiger partial charge is 0.368 e. The van der Waals surface area contributed by atoms with Crippen molar-refractivity contribution in [1.82, 2.24) is 0 Å². The molecule has 0 bridgehead atoms. The first-order valence-corrected chi connectivity index (χ1v) is 7.47. The van der Waals surface area contributed by atoms with Crippen molar-refractivity contribution < 1.29 is 17.6 Å². The highest BCUT2D eigenvalue weighted by atomic mass is 32.2. The Morgan fingerprint density at radius 2 is 1.76 bits per heavy atom. The number of benzene rings is 2. The van der Waals surface area contributed by atoms with Crippen molar-refractivity contribution in [3.63, 3.8) is 0 Å². The number of amides is 1. The molecular formula is C14H13FN2O3S. The zero-order valence-electron chi connectivity index (χ0n) is 10.9. The smallest absolute Gasteiger partial charge is 0.264 e. The number of sulfonamides is 1. The SMILES string of the molecule is NC(=O)CN(c1cccc(F)c1)S(=O)(=O)c1ccccc1. The van der Waals surface area contributed by atoms with Gasteiger partial charge in [-0.2, -0.15) is 0 Å². The molecule has 21 heavy (non-hydrogen) atoms. The maximum absolute atomic E-state index is 13.3. The number of carbonyl (C=O) groups excluding carboxylic acids is 1. The average molecular weight is 308 g/mol. The van der Waals surface area contributed by atoms with Crippen molar-refractivity contribution >= 4 is 21.6 Å². The molecule has 1 amide bonds. The minimum atomic E-state index is -4.00. The third-order valence-electron chi connectivity index (χ3n) is 2.73. The Balaban J connectivity index is 2.53. The lowest BCUT2D eigenvalue weighted by Gasteiger charge is -2.23. The third-order valence-corrected chi connectivity index (χ3v) is 4.51. The monoisotopic (exact) mass is 308 g/mol.